The molecule has 0 fully saturated rings. The van der Waals surface area contributed by atoms with Crippen LogP contribution in [0.1, 0.15) is 12.5 Å². The molecular formula is C14H23ClFN3O. The number of likely N-dealkylation sites (N-methyl/N-ethyl adjacent to an activating group) is 1. The van der Waals surface area contributed by atoms with Gasteiger partial charge in [0, 0.05) is 19.6 Å². The fourth-order valence-corrected chi connectivity index (χ4v) is 1.69. The molecule has 4 nitrogen and oxygen atoms in total. The van der Waals surface area contributed by atoms with Crippen LogP contribution in [0.25, 0.3) is 0 Å². The third kappa shape index (κ3) is 6.32. The summed E-state index contributed by atoms with van der Waals surface area (Å²) in [4.78, 5) is 15.7. The Bertz CT molecular complexity index is 409. The number of carbonyl (C=O) groups excluding carboxylic acids is 1. The first kappa shape index (κ1) is 18.8. The maximum absolute atomic E-state index is 12.9. The monoisotopic (exact) mass is 303 g/mol. The number of hydrogen-bond donors (Lipinski definition) is 1. The minimum Gasteiger partial charge on any atom is -0.336 e. The molecule has 0 aliphatic carbocycles. The van der Waals surface area contributed by atoms with E-state index in [1.807, 2.05) is 19.0 Å². The van der Waals surface area contributed by atoms with E-state index in [-0.39, 0.29) is 24.1 Å². The Labute approximate surface area is 126 Å². The summed E-state index contributed by atoms with van der Waals surface area (Å²) in [5.74, 6) is -0.367. The quantitative estimate of drug-likeness (QED) is 0.866. The molecule has 0 radical (unpaired) electrons. The molecule has 1 aromatic carbocycles. The normalized spacial score (nSPS) is 11.9. The molecule has 0 saturated carbocycles. The van der Waals surface area contributed by atoms with Crippen LogP contribution in [-0.2, 0) is 11.3 Å². The van der Waals surface area contributed by atoms with Crippen LogP contribution in [-0.4, -0.2) is 48.9 Å². The second-order valence-electron chi connectivity index (χ2n) is 4.98. The molecule has 114 valence electrons. The van der Waals surface area contributed by atoms with E-state index in [1.54, 1.807) is 24.0 Å². The molecule has 1 aromatic rings. The summed E-state index contributed by atoms with van der Waals surface area (Å²) in [5, 5.41) is 0. The van der Waals surface area contributed by atoms with Gasteiger partial charge in [0.05, 0.1) is 6.04 Å². The smallest absolute Gasteiger partial charge is 0.239 e. The fourth-order valence-electron chi connectivity index (χ4n) is 1.69. The van der Waals surface area contributed by atoms with E-state index in [4.69, 9.17) is 5.73 Å². The van der Waals surface area contributed by atoms with Gasteiger partial charge < -0.3 is 15.5 Å². The van der Waals surface area contributed by atoms with Crippen LogP contribution in [0.3, 0.4) is 0 Å². The first-order valence-electron chi connectivity index (χ1n) is 6.33. The van der Waals surface area contributed by atoms with Gasteiger partial charge in [0.15, 0.2) is 0 Å². The largest absolute Gasteiger partial charge is 0.336 e. The number of rotatable bonds is 6. The molecule has 1 amide bonds. The summed E-state index contributed by atoms with van der Waals surface area (Å²) in [6, 6.07) is 5.65. The number of amides is 1. The van der Waals surface area contributed by atoms with Crippen LogP contribution >= 0.6 is 12.4 Å². The molecule has 0 aliphatic rings. The molecule has 0 bridgehead atoms. The van der Waals surface area contributed by atoms with Crippen molar-refractivity contribution in [2.24, 2.45) is 5.73 Å². The highest BCUT2D eigenvalue weighted by atomic mass is 35.5. The molecule has 0 heterocycles. The van der Waals surface area contributed by atoms with E-state index in [1.165, 1.54) is 12.1 Å². The van der Waals surface area contributed by atoms with Crippen LogP contribution in [0.2, 0.25) is 0 Å². The Balaban J connectivity index is 0.00000361. The molecule has 20 heavy (non-hydrogen) atoms. The maximum Gasteiger partial charge on any atom is 0.239 e. The van der Waals surface area contributed by atoms with E-state index in [9.17, 15) is 9.18 Å². The number of nitrogens with zero attached hydrogens (tertiary/aromatic N) is 2. The van der Waals surface area contributed by atoms with Crippen molar-refractivity contribution in [1.29, 1.82) is 0 Å². The summed E-state index contributed by atoms with van der Waals surface area (Å²) < 4.78 is 12.9. The van der Waals surface area contributed by atoms with Crippen LogP contribution in [0.15, 0.2) is 24.3 Å². The SMILES string of the molecule is C[C@@H](N)C(=O)N(CCN(C)C)Cc1ccc(F)cc1.Cl. The zero-order chi connectivity index (χ0) is 14.4. The molecule has 1 atom stereocenters. The highest BCUT2D eigenvalue weighted by Gasteiger charge is 2.17. The first-order valence-corrected chi connectivity index (χ1v) is 6.33. The van der Waals surface area contributed by atoms with E-state index in [0.717, 1.165) is 12.1 Å². The van der Waals surface area contributed by atoms with Gasteiger partial charge in [-0.15, -0.1) is 12.4 Å². The summed E-state index contributed by atoms with van der Waals surface area (Å²) in [6.45, 7) is 3.49. The second kappa shape index (κ2) is 8.89. The summed E-state index contributed by atoms with van der Waals surface area (Å²) >= 11 is 0. The lowest BCUT2D eigenvalue weighted by atomic mass is 10.2. The van der Waals surface area contributed by atoms with Crippen molar-refractivity contribution >= 4 is 18.3 Å². The maximum atomic E-state index is 12.9. The van der Waals surface area contributed by atoms with E-state index < -0.39 is 6.04 Å². The van der Waals surface area contributed by atoms with Crippen LogP contribution in [0.4, 0.5) is 4.39 Å². The summed E-state index contributed by atoms with van der Waals surface area (Å²) in [5.41, 5.74) is 6.55. The van der Waals surface area contributed by atoms with Crippen molar-refractivity contribution in [3.63, 3.8) is 0 Å². The Morgan fingerprint density at radius 3 is 2.25 bits per heavy atom. The Morgan fingerprint density at radius 1 is 1.25 bits per heavy atom. The van der Waals surface area contributed by atoms with Crippen LogP contribution < -0.4 is 5.73 Å². The van der Waals surface area contributed by atoms with E-state index in [2.05, 4.69) is 0 Å². The van der Waals surface area contributed by atoms with Crippen LogP contribution in [0.5, 0.6) is 0 Å². The van der Waals surface area contributed by atoms with Gasteiger partial charge in [-0.1, -0.05) is 12.1 Å². The molecule has 0 saturated heterocycles. The summed E-state index contributed by atoms with van der Waals surface area (Å²) in [7, 11) is 3.90. The number of nitrogens with two attached hydrogens (primary N) is 1. The van der Waals surface area contributed by atoms with Gasteiger partial charge in [0.1, 0.15) is 5.82 Å². The third-order valence-electron chi connectivity index (χ3n) is 2.81. The van der Waals surface area contributed by atoms with Crippen molar-refractivity contribution in [1.82, 2.24) is 9.80 Å². The zero-order valence-corrected chi connectivity index (χ0v) is 13.0. The second-order valence-corrected chi connectivity index (χ2v) is 4.98. The van der Waals surface area contributed by atoms with Crippen molar-refractivity contribution < 1.29 is 9.18 Å². The van der Waals surface area contributed by atoms with Crippen LogP contribution in [0, 0.1) is 5.82 Å². The predicted molar refractivity (Wildman–Crippen MR) is 81.3 cm³/mol. The molecule has 0 aromatic heterocycles. The van der Waals surface area contributed by atoms with Crippen molar-refractivity contribution in [3.8, 4) is 0 Å². The van der Waals surface area contributed by atoms with Gasteiger partial charge in [-0.2, -0.15) is 0 Å². The molecule has 6 heteroatoms. The predicted octanol–water partition coefficient (Wildman–Crippen LogP) is 1.48. The van der Waals surface area contributed by atoms with Gasteiger partial charge in [0.2, 0.25) is 5.91 Å². The Kier molecular flexibility index (Phi) is 8.37. The number of benzene rings is 1. The average Bonchev–Trinajstić information content (AvgIpc) is 2.35. The van der Waals surface area contributed by atoms with E-state index >= 15 is 0 Å². The van der Waals surface area contributed by atoms with Crippen molar-refractivity contribution in [3.05, 3.63) is 35.6 Å². The standard InChI is InChI=1S/C14H22FN3O.ClH/c1-11(16)14(19)18(9-8-17(2)3)10-12-4-6-13(15)7-5-12;/h4-7,11H,8-10,16H2,1-3H3;1H/t11-;/m1./s1. The number of hydrogen-bond acceptors (Lipinski definition) is 3. The molecule has 1 rings (SSSR count). The van der Waals surface area contributed by atoms with Crippen molar-refractivity contribution in [2.75, 3.05) is 27.2 Å². The lowest BCUT2D eigenvalue weighted by Gasteiger charge is -2.26. The molecule has 0 aliphatic heterocycles. The lowest BCUT2D eigenvalue weighted by Crippen LogP contribution is -2.44. The Morgan fingerprint density at radius 2 is 1.80 bits per heavy atom. The highest BCUT2D eigenvalue weighted by molar-refractivity contribution is 5.85. The summed E-state index contributed by atoms with van der Waals surface area (Å²) in [6.07, 6.45) is 0. The van der Waals surface area contributed by atoms with Gasteiger partial charge in [0.25, 0.3) is 0 Å². The van der Waals surface area contributed by atoms with Crippen molar-refractivity contribution in [2.45, 2.75) is 19.5 Å². The van der Waals surface area contributed by atoms with Gasteiger partial charge in [-0.3, -0.25) is 4.79 Å². The van der Waals surface area contributed by atoms with Gasteiger partial charge in [-0.05, 0) is 38.7 Å². The minimum atomic E-state index is -0.525. The minimum absolute atomic E-state index is 0. The topological polar surface area (TPSA) is 49.6 Å². The molecule has 2 N–H and O–H groups in total. The lowest BCUT2D eigenvalue weighted by molar-refractivity contribution is -0.133. The third-order valence-corrected chi connectivity index (χ3v) is 2.81. The fraction of sp³-hybridized carbons (Fsp3) is 0.500. The average molecular weight is 304 g/mol. The Hall–Kier alpha value is -1.17. The molecule has 0 unspecified atom stereocenters. The van der Waals surface area contributed by atoms with Gasteiger partial charge >= 0.3 is 0 Å². The van der Waals surface area contributed by atoms with E-state index in [0.29, 0.717) is 13.1 Å². The molecular weight excluding hydrogens is 281 g/mol. The first-order chi connectivity index (χ1) is 8.90. The van der Waals surface area contributed by atoms with Gasteiger partial charge in [-0.25, -0.2) is 4.39 Å². The number of carbonyl (C=O) groups is 1. The molecule has 0 spiro atoms. The number of halogens is 2. The highest BCUT2D eigenvalue weighted by Crippen LogP contribution is 2.08. The zero-order valence-electron chi connectivity index (χ0n) is 12.2.